The van der Waals surface area contributed by atoms with Gasteiger partial charge in [-0.15, -0.1) is 0 Å². The first-order valence-corrected chi connectivity index (χ1v) is 12.4. The van der Waals surface area contributed by atoms with Gasteiger partial charge in [-0.05, 0) is 48.2 Å². The van der Waals surface area contributed by atoms with Crippen LogP contribution < -0.4 is 16.0 Å². The molecule has 10 nitrogen and oxygen atoms in total. The predicted octanol–water partition coefficient (Wildman–Crippen LogP) is 3.33. The first-order valence-electron chi connectivity index (χ1n) is 12.1. The number of aromatic nitrogens is 3. The van der Waals surface area contributed by atoms with E-state index in [-0.39, 0.29) is 12.5 Å². The Kier molecular flexibility index (Phi) is 7.77. The summed E-state index contributed by atoms with van der Waals surface area (Å²) in [5, 5.41) is 7.78. The SMILES string of the molecule is CCC[C@@H](NC(=O)N1C(=O)[C@H](Cc2ccnc(N)c2)[C@H]1C(=O)N(C)c1ccn(C)n1)c1cccc(Cl)c1. The highest BCUT2D eigenvalue weighted by Crippen LogP contribution is 2.33. The molecule has 1 fully saturated rings. The molecule has 37 heavy (non-hydrogen) atoms. The minimum atomic E-state index is -1.00. The normalized spacial score (nSPS) is 17.7. The third kappa shape index (κ3) is 5.59. The molecular weight excluding hydrogens is 494 g/mol. The second-order valence-electron chi connectivity index (χ2n) is 9.14. The number of rotatable bonds is 8. The van der Waals surface area contributed by atoms with Gasteiger partial charge < -0.3 is 11.1 Å². The summed E-state index contributed by atoms with van der Waals surface area (Å²) >= 11 is 6.17. The fourth-order valence-electron chi connectivity index (χ4n) is 4.58. The zero-order valence-corrected chi connectivity index (χ0v) is 21.7. The number of halogens is 1. The number of pyridine rings is 1. The first kappa shape index (κ1) is 26.2. The van der Waals surface area contributed by atoms with Gasteiger partial charge in [0, 0.05) is 37.6 Å². The van der Waals surface area contributed by atoms with E-state index in [1.807, 2.05) is 19.1 Å². The topological polar surface area (TPSA) is 126 Å². The lowest BCUT2D eigenvalue weighted by molar-refractivity contribution is -0.156. The fourth-order valence-corrected chi connectivity index (χ4v) is 4.78. The Balaban J connectivity index is 1.60. The second-order valence-corrected chi connectivity index (χ2v) is 9.58. The fraction of sp³-hybridized carbons (Fsp3) is 0.346. The number of urea groups is 1. The van der Waals surface area contributed by atoms with E-state index >= 15 is 0 Å². The number of likely N-dealkylation sites (N-methyl/N-ethyl adjacent to an activating group) is 1. The van der Waals surface area contributed by atoms with Crippen molar-refractivity contribution >= 4 is 41.1 Å². The Morgan fingerprint density at radius 2 is 2.03 bits per heavy atom. The smallest absolute Gasteiger partial charge is 0.325 e. The first-order chi connectivity index (χ1) is 17.7. The van der Waals surface area contributed by atoms with Crippen molar-refractivity contribution in [3.05, 3.63) is 71.0 Å². The Bertz CT molecular complexity index is 1310. The van der Waals surface area contributed by atoms with Crippen LogP contribution in [0.2, 0.25) is 5.02 Å². The molecule has 1 aliphatic heterocycles. The molecule has 1 aliphatic rings. The van der Waals surface area contributed by atoms with Gasteiger partial charge in [-0.1, -0.05) is 37.1 Å². The van der Waals surface area contributed by atoms with Crippen molar-refractivity contribution in [3.8, 4) is 0 Å². The van der Waals surface area contributed by atoms with Gasteiger partial charge in [0.25, 0.3) is 5.91 Å². The van der Waals surface area contributed by atoms with E-state index in [0.717, 1.165) is 22.4 Å². The average Bonchev–Trinajstić information content (AvgIpc) is 3.30. The van der Waals surface area contributed by atoms with Gasteiger partial charge in [-0.3, -0.25) is 24.1 Å². The van der Waals surface area contributed by atoms with E-state index in [2.05, 4.69) is 15.4 Å². The van der Waals surface area contributed by atoms with Gasteiger partial charge in [0.15, 0.2) is 5.82 Å². The predicted molar refractivity (Wildman–Crippen MR) is 141 cm³/mol. The number of β-lactam (4-membered cyclic amide) rings is 1. The summed E-state index contributed by atoms with van der Waals surface area (Å²) in [7, 11) is 3.33. The van der Waals surface area contributed by atoms with Crippen LogP contribution in [0.3, 0.4) is 0 Å². The molecule has 0 spiro atoms. The quantitative estimate of drug-likeness (QED) is 0.436. The number of nitrogens with zero attached hydrogens (tertiary/aromatic N) is 5. The Morgan fingerprint density at radius 1 is 1.24 bits per heavy atom. The van der Waals surface area contributed by atoms with Gasteiger partial charge in [-0.25, -0.2) is 9.78 Å². The van der Waals surface area contributed by atoms with E-state index in [1.54, 1.807) is 61.5 Å². The van der Waals surface area contributed by atoms with E-state index in [0.29, 0.717) is 23.1 Å². The lowest BCUT2D eigenvalue weighted by atomic mass is 9.81. The van der Waals surface area contributed by atoms with Crippen molar-refractivity contribution in [1.82, 2.24) is 25.0 Å². The third-order valence-electron chi connectivity index (χ3n) is 6.49. The monoisotopic (exact) mass is 523 g/mol. The van der Waals surface area contributed by atoms with Crippen LogP contribution in [-0.2, 0) is 23.1 Å². The maximum absolute atomic E-state index is 13.6. The van der Waals surface area contributed by atoms with Crippen molar-refractivity contribution in [1.29, 1.82) is 0 Å². The Morgan fingerprint density at radius 3 is 2.68 bits per heavy atom. The van der Waals surface area contributed by atoms with Crippen LogP contribution in [0, 0.1) is 5.92 Å². The van der Waals surface area contributed by atoms with Crippen LogP contribution in [-0.4, -0.2) is 50.6 Å². The van der Waals surface area contributed by atoms with E-state index in [9.17, 15) is 14.4 Å². The molecule has 4 amide bonds. The number of nitrogens with one attached hydrogen (secondary N) is 1. The highest BCUT2D eigenvalue weighted by Gasteiger charge is 2.55. The summed E-state index contributed by atoms with van der Waals surface area (Å²) in [4.78, 5) is 46.8. The highest BCUT2D eigenvalue weighted by atomic mass is 35.5. The van der Waals surface area contributed by atoms with Crippen LogP contribution in [0.5, 0.6) is 0 Å². The minimum Gasteiger partial charge on any atom is -0.384 e. The summed E-state index contributed by atoms with van der Waals surface area (Å²) < 4.78 is 1.58. The number of aryl methyl sites for hydroxylation is 1. The van der Waals surface area contributed by atoms with Crippen LogP contribution in [0.25, 0.3) is 0 Å². The Labute approximate surface area is 220 Å². The summed E-state index contributed by atoms with van der Waals surface area (Å²) in [5.41, 5.74) is 7.39. The molecule has 3 heterocycles. The molecule has 3 atom stereocenters. The van der Waals surface area contributed by atoms with Gasteiger partial charge in [0.1, 0.15) is 11.9 Å². The van der Waals surface area contributed by atoms with Crippen LogP contribution in [0.4, 0.5) is 16.4 Å². The Hall–Kier alpha value is -3.92. The molecule has 3 aromatic rings. The number of anilines is 2. The molecule has 3 N–H and O–H groups in total. The van der Waals surface area contributed by atoms with Crippen molar-refractivity contribution < 1.29 is 14.4 Å². The maximum Gasteiger partial charge on any atom is 0.325 e. The molecule has 11 heteroatoms. The molecule has 1 saturated heterocycles. The molecule has 2 aromatic heterocycles. The largest absolute Gasteiger partial charge is 0.384 e. The number of hydrogen-bond donors (Lipinski definition) is 2. The summed E-state index contributed by atoms with van der Waals surface area (Å²) in [6.45, 7) is 2.00. The molecule has 1 aromatic carbocycles. The zero-order valence-electron chi connectivity index (χ0n) is 21.0. The molecule has 0 bridgehead atoms. The number of carbonyl (C=O) groups is 3. The number of nitrogens with two attached hydrogens (primary N) is 1. The van der Waals surface area contributed by atoms with Gasteiger partial charge in [-0.2, -0.15) is 5.10 Å². The summed E-state index contributed by atoms with van der Waals surface area (Å²) in [6.07, 6.45) is 4.94. The van der Waals surface area contributed by atoms with Gasteiger partial charge >= 0.3 is 6.03 Å². The van der Waals surface area contributed by atoms with E-state index in [4.69, 9.17) is 17.3 Å². The lowest BCUT2D eigenvalue weighted by Crippen LogP contribution is -2.70. The summed E-state index contributed by atoms with van der Waals surface area (Å²) in [6, 6.07) is 10.3. The molecule has 0 unspecified atom stereocenters. The maximum atomic E-state index is 13.6. The van der Waals surface area contributed by atoms with Crippen LogP contribution in [0.1, 0.15) is 36.9 Å². The van der Waals surface area contributed by atoms with Crippen molar-refractivity contribution in [2.24, 2.45) is 13.0 Å². The van der Waals surface area contributed by atoms with Crippen LogP contribution in [0.15, 0.2) is 54.9 Å². The van der Waals surface area contributed by atoms with Crippen molar-refractivity contribution in [2.75, 3.05) is 17.7 Å². The number of carbonyl (C=O) groups excluding carboxylic acids is 3. The third-order valence-corrected chi connectivity index (χ3v) is 6.72. The lowest BCUT2D eigenvalue weighted by Gasteiger charge is -2.45. The molecular formula is C26H30ClN7O3. The van der Waals surface area contributed by atoms with E-state index in [1.165, 1.54) is 4.90 Å². The molecule has 0 aliphatic carbocycles. The van der Waals surface area contributed by atoms with Crippen molar-refractivity contribution in [3.63, 3.8) is 0 Å². The average molecular weight is 524 g/mol. The van der Waals surface area contributed by atoms with E-state index < -0.39 is 29.8 Å². The minimum absolute atomic E-state index is 0.245. The second kappa shape index (κ2) is 11.0. The van der Waals surface area contributed by atoms with Gasteiger partial charge in [0.2, 0.25) is 5.91 Å². The number of benzene rings is 1. The van der Waals surface area contributed by atoms with Crippen LogP contribution >= 0.6 is 11.6 Å². The summed E-state index contributed by atoms with van der Waals surface area (Å²) in [5.74, 6) is -0.836. The highest BCUT2D eigenvalue weighted by molar-refractivity contribution is 6.30. The number of hydrogen-bond acceptors (Lipinski definition) is 6. The standard InChI is InChI=1S/C26H30ClN7O3/c1-4-6-20(17-7-5-8-18(27)15-17)30-26(37)34-23(25(36)33(3)22-10-12-32(2)31-22)19(24(34)35)13-16-9-11-29-21(28)14-16/h5,7-12,14-15,19-20,23H,4,6,13H2,1-3H3,(H2,28,29)(H,30,37)/t19-,20-,23+/m1/s1. The number of imide groups is 1. The molecule has 0 radical (unpaired) electrons. The zero-order chi connectivity index (χ0) is 26.7. The molecule has 4 rings (SSSR count). The number of amides is 4. The number of likely N-dealkylation sites (tertiary alicyclic amines) is 1. The van der Waals surface area contributed by atoms with Crippen molar-refractivity contribution in [2.45, 2.75) is 38.3 Å². The molecule has 194 valence electrons. The number of nitrogen functional groups attached to an aromatic ring is 1. The molecule has 0 saturated carbocycles. The van der Waals surface area contributed by atoms with Gasteiger partial charge in [0.05, 0.1) is 12.0 Å².